The molecule has 0 amide bonds. The van der Waals surface area contributed by atoms with Crippen molar-refractivity contribution in [2.75, 3.05) is 11.9 Å². The Balaban J connectivity index is 2.19. The molecule has 0 saturated heterocycles. The summed E-state index contributed by atoms with van der Waals surface area (Å²) in [5.41, 5.74) is 6.71. The zero-order valence-corrected chi connectivity index (χ0v) is 12.5. The van der Waals surface area contributed by atoms with E-state index in [1.165, 1.54) is 21.7 Å². The third-order valence-corrected chi connectivity index (χ3v) is 4.28. The number of aromatic nitrogens is 1. The first-order valence-corrected chi connectivity index (χ1v) is 7.29. The number of thiazole rings is 1. The van der Waals surface area contributed by atoms with Crippen LogP contribution in [0.1, 0.15) is 21.7 Å². The second kappa shape index (κ2) is 5.72. The molecule has 0 N–H and O–H groups in total. The lowest BCUT2D eigenvalue weighted by atomic mass is 10.1. The molecule has 0 spiro atoms. The van der Waals surface area contributed by atoms with Gasteiger partial charge in [0, 0.05) is 23.5 Å². The van der Waals surface area contributed by atoms with Crippen molar-refractivity contribution in [2.24, 2.45) is 0 Å². The predicted octanol–water partition coefficient (Wildman–Crippen LogP) is 4.14. The Labute approximate surface area is 117 Å². The molecule has 1 aromatic carbocycles. The summed E-state index contributed by atoms with van der Waals surface area (Å²) in [7, 11) is 2.11. The van der Waals surface area contributed by atoms with Crippen molar-refractivity contribution < 1.29 is 0 Å². The minimum absolute atomic E-state index is 0.568. The van der Waals surface area contributed by atoms with Crippen molar-refractivity contribution in [2.45, 2.75) is 26.3 Å². The van der Waals surface area contributed by atoms with E-state index in [0.29, 0.717) is 5.88 Å². The van der Waals surface area contributed by atoms with Crippen LogP contribution in [0.2, 0.25) is 0 Å². The first-order valence-electron chi connectivity index (χ1n) is 5.87. The van der Waals surface area contributed by atoms with E-state index in [1.807, 2.05) is 5.51 Å². The Morgan fingerprint density at radius 3 is 2.67 bits per heavy atom. The summed E-state index contributed by atoms with van der Waals surface area (Å²) in [6.07, 6.45) is 0. The third kappa shape index (κ3) is 2.85. The average molecular weight is 281 g/mol. The van der Waals surface area contributed by atoms with Gasteiger partial charge in [-0.15, -0.1) is 22.9 Å². The fourth-order valence-corrected chi connectivity index (χ4v) is 3.00. The summed E-state index contributed by atoms with van der Waals surface area (Å²) >= 11 is 7.56. The number of alkyl halides is 1. The molecule has 1 heterocycles. The summed E-state index contributed by atoms with van der Waals surface area (Å²) in [5, 5.41) is 0. The van der Waals surface area contributed by atoms with E-state index < -0.39 is 0 Å². The zero-order valence-electron chi connectivity index (χ0n) is 10.9. The highest BCUT2D eigenvalue weighted by atomic mass is 35.5. The van der Waals surface area contributed by atoms with Gasteiger partial charge in [-0.25, -0.2) is 4.98 Å². The van der Waals surface area contributed by atoms with Crippen LogP contribution in [0.4, 0.5) is 5.69 Å². The topological polar surface area (TPSA) is 16.1 Å². The van der Waals surface area contributed by atoms with E-state index in [4.69, 9.17) is 11.6 Å². The number of halogens is 1. The maximum absolute atomic E-state index is 5.85. The van der Waals surface area contributed by atoms with E-state index in [9.17, 15) is 0 Å². The van der Waals surface area contributed by atoms with Crippen LogP contribution in [0.15, 0.2) is 23.7 Å². The Hall–Kier alpha value is -1.06. The molecule has 0 unspecified atom stereocenters. The Morgan fingerprint density at radius 2 is 2.11 bits per heavy atom. The lowest BCUT2D eigenvalue weighted by Gasteiger charge is -2.21. The van der Waals surface area contributed by atoms with Crippen LogP contribution in [0, 0.1) is 13.8 Å². The molecular weight excluding hydrogens is 264 g/mol. The minimum atomic E-state index is 0.568. The molecule has 4 heteroatoms. The molecule has 18 heavy (non-hydrogen) atoms. The van der Waals surface area contributed by atoms with Gasteiger partial charge < -0.3 is 4.90 Å². The molecule has 0 bridgehead atoms. The number of benzene rings is 1. The van der Waals surface area contributed by atoms with Gasteiger partial charge in [-0.3, -0.25) is 0 Å². The Kier molecular flexibility index (Phi) is 4.25. The summed E-state index contributed by atoms with van der Waals surface area (Å²) in [6, 6.07) is 6.38. The zero-order chi connectivity index (χ0) is 13.1. The van der Waals surface area contributed by atoms with Gasteiger partial charge >= 0.3 is 0 Å². The normalized spacial score (nSPS) is 10.7. The monoisotopic (exact) mass is 280 g/mol. The van der Waals surface area contributed by atoms with E-state index in [-0.39, 0.29) is 0 Å². The van der Waals surface area contributed by atoms with Crippen molar-refractivity contribution in [3.8, 4) is 0 Å². The van der Waals surface area contributed by atoms with Gasteiger partial charge in [0.1, 0.15) is 0 Å². The second-order valence-electron chi connectivity index (χ2n) is 4.47. The second-order valence-corrected chi connectivity index (χ2v) is 5.68. The molecule has 96 valence electrons. The van der Waals surface area contributed by atoms with Crippen LogP contribution in [0.3, 0.4) is 0 Å². The van der Waals surface area contributed by atoms with Gasteiger partial charge in [0.2, 0.25) is 0 Å². The summed E-state index contributed by atoms with van der Waals surface area (Å²) in [5.74, 6) is 0.568. The number of rotatable bonds is 4. The average Bonchev–Trinajstić information content (AvgIpc) is 2.74. The third-order valence-electron chi connectivity index (χ3n) is 3.05. The molecule has 0 fully saturated rings. The van der Waals surface area contributed by atoms with E-state index in [0.717, 1.165) is 12.2 Å². The van der Waals surface area contributed by atoms with Gasteiger partial charge in [0.25, 0.3) is 0 Å². The van der Waals surface area contributed by atoms with Gasteiger partial charge in [-0.05, 0) is 31.0 Å². The number of hydrogen-bond acceptors (Lipinski definition) is 3. The van der Waals surface area contributed by atoms with Gasteiger partial charge in [0.05, 0.1) is 17.7 Å². The molecule has 0 radical (unpaired) electrons. The molecule has 0 aliphatic heterocycles. The van der Waals surface area contributed by atoms with Crippen LogP contribution < -0.4 is 4.90 Å². The van der Waals surface area contributed by atoms with Crippen molar-refractivity contribution in [1.29, 1.82) is 0 Å². The molecule has 0 saturated carbocycles. The SMILES string of the molecule is Cc1cc(CCl)ccc1N(C)Cc1scnc1C. The molecular formula is C14H17ClN2S. The highest BCUT2D eigenvalue weighted by Gasteiger charge is 2.09. The molecule has 2 rings (SSSR count). The van der Waals surface area contributed by atoms with E-state index >= 15 is 0 Å². The minimum Gasteiger partial charge on any atom is -0.369 e. The number of aryl methyl sites for hydroxylation is 2. The van der Waals surface area contributed by atoms with E-state index in [1.54, 1.807) is 11.3 Å². The Morgan fingerprint density at radius 1 is 1.33 bits per heavy atom. The van der Waals surface area contributed by atoms with Crippen LogP contribution in [0.25, 0.3) is 0 Å². The quantitative estimate of drug-likeness (QED) is 0.783. The molecule has 2 aromatic rings. The highest BCUT2D eigenvalue weighted by molar-refractivity contribution is 7.09. The maximum Gasteiger partial charge on any atom is 0.0798 e. The standard InChI is InChI=1S/C14H17ClN2S/c1-10-6-12(7-15)4-5-13(10)17(3)8-14-11(2)16-9-18-14/h4-6,9H,7-8H2,1-3H3. The lowest BCUT2D eigenvalue weighted by Crippen LogP contribution is -2.17. The van der Waals surface area contributed by atoms with Gasteiger partial charge in [-0.2, -0.15) is 0 Å². The predicted molar refractivity (Wildman–Crippen MR) is 79.7 cm³/mol. The number of hydrogen-bond donors (Lipinski definition) is 0. The lowest BCUT2D eigenvalue weighted by molar-refractivity contribution is 0.919. The first kappa shape index (κ1) is 13.4. The van der Waals surface area contributed by atoms with Crippen molar-refractivity contribution in [3.05, 3.63) is 45.4 Å². The maximum atomic E-state index is 5.85. The van der Waals surface area contributed by atoms with Crippen molar-refractivity contribution in [3.63, 3.8) is 0 Å². The smallest absolute Gasteiger partial charge is 0.0798 e. The van der Waals surface area contributed by atoms with Crippen LogP contribution in [-0.4, -0.2) is 12.0 Å². The number of anilines is 1. The molecule has 1 aromatic heterocycles. The molecule has 0 aliphatic rings. The summed E-state index contributed by atoms with van der Waals surface area (Å²) in [4.78, 5) is 7.86. The van der Waals surface area contributed by atoms with Crippen molar-refractivity contribution >= 4 is 28.6 Å². The van der Waals surface area contributed by atoms with Crippen LogP contribution in [-0.2, 0) is 12.4 Å². The van der Waals surface area contributed by atoms with Gasteiger partial charge in [0.15, 0.2) is 0 Å². The Bertz CT molecular complexity index is 536. The van der Waals surface area contributed by atoms with Crippen LogP contribution in [0.5, 0.6) is 0 Å². The summed E-state index contributed by atoms with van der Waals surface area (Å²) in [6.45, 7) is 5.09. The fourth-order valence-electron chi connectivity index (χ4n) is 2.01. The first-order chi connectivity index (χ1) is 8.61. The van der Waals surface area contributed by atoms with Crippen LogP contribution >= 0.6 is 22.9 Å². The number of nitrogens with zero attached hydrogens (tertiary/aromatic N) is 2. The molecule has 0 aliphatic carbocycles. The summed E-state index contributed by atoms with van der Waals surface area (Å²) < 4.78 is 0. The fraction of sp³-hybridized carbons (Fsp3) is 0.357. The van der Waals surface area contributed by atoms with E-state index in [2.05, 4.69) is 49.0 Å². The van der Waals surface area contributed by atoms with Crippen molar-refractivity contribution in [1.82, 2.24) is 4.98 Å². The molecule has 0 atom stereocenters. The largest absolute Gasteiger partial charge is 0.369 e. The van der Waals surface area contributed by atoms with Gasteiger partial charge in [-0.1, -0.05) is 12.1 Å². The highest BCUT2D eigenvalue weighted by Crippen LogP contribution is 2.24. The molecule has 2 nitrogen and oxygen atoms in total.